The first-order chi connectivity index (χ1) is 13.1. The Morgan fingerprint density at radius 1 is 1.30 bits per heavy atom. The number of hydrogen-bond acceptors (Lipinski definition) is 4. The number of carbonyl (C=O) groups excluding carboxylic acids is 1. The highest BCUT2D eigenvalue weighted by atomic mass is 32.1. The number of nitrogens with one attached hydrogen (secondary N) is 1. The Balaban J connectivity index is 1.27. The third kappa shape index (κ3) is 3.12. The van der Waals surface area contributed by atoms with Crippen LogP contribution in [0.4, 0.5) is 0 Å². The second-order valence-electron chi connectivity index (χ2n) is 8.27. The van der Waals surface area contributed by atoms with Crippen LogP contribution in [0.3, 0.4) is 0 Å². The summed E-state index contributed by atoms with van der Waals surface area (Å²) in [6, 6.07) is 15.1. The number of ether oxygens (including phenoxy) is 1. The first-order valence-electron chi connectivity index (χ1n) is 9.92. The number of nitrogens with zero attached hydrogens (tertiary/aromatic N) is 1. The zero-order valence-electron chi connectivity index (χ0n) is 15.7. The van der Waals surface area contributed by atoms with Crippen LogP contribution in [0, 0.1) is 11.8 Å². The summed E-state index contributed by atoms with van der Waals surface area (Å²) in [6.45, 7) is 5.47. The number of hydrogen-bond donors (Lipinski definition) is 1. The molecule has 0 unspecified atom stereocenters. The van der Waals surface area contributed by atoms with Gasteiger partial charge in [-0.2, -0.15) is 0 Å². The van der Waals surface area contributed by atoms with Crippen molar-refractivity contribution in [2.45, 2.75) is 38.0 Å². The second kappa shape index (κ2) is 6.73. The molecule has 27 heavy (non-hydrogen) atoms. The number of rotatable bonds is 5. The zero-order chi connectivity index (χ0) is 18.4. The SMILES string of the molecule is CC(=O)NC[C@H]1[C@H]2CN(Cc3ccc(-c4ccccc4)s3)C[C@]23CC[C@H]1O3. The van der Waals surface area contributed by atoms with Crippen molar-refractivity contribution in [3.05, 3.63) is 47.3 Å². The summed E-state index contributed by atoms with van der Waals surface area (Å²) in [5.74, 6) is 1.08. The van der Waals surface area contributed by atoms with Crippen molar-refractivity contribution in [2.75, 3.05) is 19.6 Å². The molecule has 142 valence electrons. The molecule has 3 aliphatic rings. The summed E-state index contributed by atoms with van der Waals surface area (Å²) in [6.07, 6.45) is 2.66. The van der Waals surface area contributed by atoms with Crippen LogP contribution in [0.2, 0.25) is 0 Å². The van der Waals surface area contributed by atoms with Crippen molar-refractivity contribution in [2.24, 2.45) is 11.8 Å². The van der Waals surface area contributed by atoms with Crippen LogP contribution in [0.1, 0.15) is 24.6 Å². The van der Waals surface area contributed by atoms with Crippen LogP contribution < -0.4 is 5.32 Å². The Kier molecular flexibility index (Phi) is 4.34. The largest absolute Gasteiger partial charge is 0.370 e. The predicted octanol–water partition coefficient (Wildman–Crippen LogP) is 3.53. The Morgan fingerprint density at radius 3 is 2.96 bits per heavy atom. The maximum Gasteiger partial charge on any atom is 0.216 e. The van der Waals surface area contributed by atoms with Crippen LogP contribution in [0.25, 0.3) is 10.4 Å². The lowest BCUT2D eigenvalue weighted by Gasteiger charge is -2.29. The molecule has 0 radical (unpaired) electrons. The lowest BCUT2D eigenvalue weighted by atomic mass is 9.73. The summed E-state index contributed by atoms with van der Waals surface area (Å²) in [5, 5.41) is 3.03. The number of thiophene rings is 1. The van der Waals surface area contributed by atoms with Gasteiger partial charge >= 0.3 is 0 Å². The van der Waals surface area contributed by atoms with E-state index in [0.29, 0.717) is 17.9 Å². The number of benzene rings is 1. The quantitative estimate of drug-likeness (QED) is 0.860. The van der Waals surface area contributed by atoms with Gasteiger partial charge in [0.2, 0.25) is 5.91 Å². The fourth-order valence-electron chi connectivity index (χ4n) is 5.38. The van der Waals surface area contributed by atoms with E-state index in [1.807, 2.05) is 11.3 Å². The lowest BCUT2D eigenvalue weighted by molar-refractivity contribution is -0.119. The average Bonchev–Trinajstić information content (AvgIpc) is 3.41. The van der Waals surface area contributed by atoms with Crippen LogP contribution >= 0.6 is 11.3 Å². The fourth-order valence-corrected chi connectivity index (χ4v) is 6.44. The number of fused-ring (bicyclic) bond motifs is 1. The molecule has 2 bridgehead atoms. The normalized spacial score (nSPS) is 32.0. The average molecular weight is 383 g/mol. The highest BCUT2D eigenvalue weighted by Crippen LogP contribution is 2.54. The zero-order valence-corrected chi connectivity index (χ0v) is 16.5. The highest BCUT2D eigenvalue weighted by molar-refractivity contribution is 7.15. The van der Waals surface area contributed by atoms with Gasteiger partial charge in [-0.3, -0.25) is 9.69 Å². The molecule has 1 amide bonds. The van der Waals surface area contributed by atoms with Crippen molar-refractivity contribution in [1.82, 2.24) is 10.2 Å². The first-order valence-corrected chi connectivity index (χ1v) is 10.7. The minimum atomic E-state index is 0.0350. The molecule has 5 heteroatoms. The van der Waals surface area contributed by atoms with E-state index in [9.17, 15) is 4.79 Å². The molecule has 1 spiro atoms. The number of amides is 1. The summed E-state index contributed by atoms with van der Waals surface area (Å²) in [5.41, 5.74) is 1.33. The Bertz CT molecular complexity index is 836. The minimum Gasteiger partial charge on any atom is -0.370 e. The first kappa shape index (κ1) is 17.4. The second-order valence-corrected chi connectivity index (χ2v) is 9.44. The van der Waals surface area contributed by atoms with E-state index in [0.717, 1.165) is 32.6 Å². The maximum absolute atomic E-state index is 11.4. The Labute approximate surface area is 164 Å². The van der Waals surface area contributed by atoms with Crippen LogP contribution in [0.15, 0.2) is 42.5 Å². The van der Waals surface area contributed by atoms with Gasteiger partial charge in [-0.25, -0.2) is 0 Å². The molecule has 0 saturated carbocycles. The molecular weight excluding hydrogens is 356 g/mol. The van der Waals surface area contributed by atoms with Crippen LogP contribution in [0.5, 0.6) is 0 Å². The van der Waals surface area contributed by atoms with Gasteiger partial charge in [0.1, 0.15) is 0 Å². The summed E-state index contributed by atoms with van der Waals surface area (Å²) < 4.78 is 6.48. The van der Waals surface area contributed by atoms with Crippen molar-refractivity contribution in [3.8, 4) is 10.4 Å². The molecule has 1 N–H and O–H groups in total. The van der Waals surface area contributed by atoms with E-state index < -0.39 is 0 Å². The van der Waals surface area contributed by atoms with E-state index in [4.69, 9.17) is 4.74 Å². The van der Waals surface area contributed by atoms with Crippen LogP contribution in [-0.4, -0.2) is 42.1 Å². The molecule has 4 atom stereocenters. The molecule has 3 fully saturated rings. The fraction of sp³-hybridized carbons (Fsp3) is 0.500. The predicted molar refractivity (Wildman–Crippen MR) is 108 cm³/mol. The molecule has 1 aromatic carbocycles. The van der Waals surface area contributed by atoms with E-state index >= 15 is 0 Å². The van der Waals surface area contributed by atoms with Gasteiger partial charge in [-0.15, -0.1) is 11.3 Å². The Morgan fingerprint density at radius 2 is 2.15 bits per heavy atom. The molecule has 0 aliphatic carbocycles. The van der Waals surface area contributed by atoms with Crippen LogP contribution in [-0.2, 0) is 16.1 Å². The molecule has 3 aliphatic heterocycles. The molecular formula is C22H26N2O2S. The third-order valence-corrected chi connectivity index (χ3v) is 7.66. The van der Waals surface area contributed by atoms with Gasteiger partial charge in [0.25, 0.3) is 0 Å². The van der Waals surface area contributed by atoms with E-state index in [1.165, 1.54) is 21.7 Å². The Hall–Kier alpha value is -1.69. The lowest BCUT2D eigenvalue weighted by Crippen LogP contribution is -2.41. The maximum atomic E-state index is 11.4. The number of carbonyl (C=O) groups is 1. The van der Waals surface area contributed by atoms with Crippen molar-refractivity contribution >= 4 is 17.2 Å². The van der Waals surface area contributed by atoms with Crippen molar-refractivity contribution < 1.29 is 9.53 Å². The summed E-state index contributed by atoms with van der Waals surface area (Å²) in [4.78, 5) is 16.7. The molecule has 4 heterocycles. The summed E-state index contributed by atoms with van der Waals surface area (Å²) >= 11 is 1.89. The topological polar surface area (TPSA) is 41.6 Å². The van der Waals surface area contributed by atoms with E-state index in [2.05, 4.69) is 52.7 Å². The molecule has 3 saturated heterocycles. The third-order valence-electron chi connectivity index (χ3n) is 6.54. The summed E-state index contributed by atoms with van der Waals surface area (Å²) in [7, 11) is 0. The molecule has 2 aromatic rings. The van der Waals surface area contributed by atoms with Gasteiger partial charge in [0.05, 0.1) is 11.7 Å². The molecule has 1 aromatic heterocycles. The standard InChI is InChI=1S/C22H26N2O2S/c1-15(25)23-11-18-19-13-24(14-22(19)10-9-20(18)26-22)12-17-7-8-21(27-17)16-5-3-2-4-6-16/h2-8,18-20H,9-14H2,1H3,(H,23,25)/t18-,19+,20+,22+/m0/s1. The number of likely N-dealkylation sites (tertiary alicyclic amines) is 1. The van der Waals surface area contributed by atoms with Gasteiger partial charge in [0.15, 0.2) is 0 Å². The van der Waals surface area contributed by atoms with E-state index in [-0.39, 0.29) is 11.5 Å². The van der Waals surface area contributed by atoms with Gasteiger partial charge in [-0.1, -0.05) is 30.3 Å². The molecule has 4 nitrogen and oxygen atoms in total. The van der Waals surface area contributed by atoms with E-state index in [1.54, 1.807) is 6.92 Å². The van der Waals surface area contributed by atoms with Gasteiger partial charge < -0.3 is 10.1 Å². The minimum absolute atomic E-state index is 0.0350. The van der Waals surface area contributed by atoms with Gasteiger partial charge in [0, 0.05) is 54.7 Å². The van der Waals surface area contributed by atoms with Gasteiger partial charge in [-0.05, 0) is 30.5 Å². The van der Waals surface area contributed by atoms with Crippen molar-refractivity contribution in [3.63, 3.8) is 0 Å². The molecule has 5 rings (SSSR count). The smallest absolute Gasteiger partial charge is 0.216 e. The van der Waals surface area contributed by atoms with Crippen molar-refractivity contribution in [1.29, 1.82) is 0 Å². The highest BCUT2D eigenvalue weighted by Gasteiger charge is 2.62. The monoisotopic (exact) mass is 382 g/mol.